The minimum atomic E-state index is -0.346. The summed E-state index contributed by atoms with van der Waals surface area (Å²) >= 11 is 0. The van der Waals surface area contributed by atoms with Crippen LogP contribution in [-0.2, 0) is 9.53 Å². The average molecular weight is 549 g/mol. The number of nitrogens with two attached hydrogens (primary N) is 1. The molecular weight excluding hydrogens is 520 g/mol. The second-order valence-corrected chi connectivity index (χ2v) is 10.1. The monoisotopic (exact) mass is 548 g/mol. The standard InChI is InChI=1S/C30H28N8O3/c31-16-18-9-11-33-24(14-18)36-30(40)20-5-3-19(4-6-20)26-27-28(32)34-17-23-2-1-12-41-13-10-25(39)35-22-8-7-21(15-22)29(37-26)38(23)27/h1-6,9,11,14,17,21-22H,7-8,10,12-13,15H2,(H2,32,34)(H,35,39)(H,33,36,40)/b2-1+/t21-,22?/m1/s1. The number of rotatable bonds is 3. The van der Waals surface area contributed by atoms with E-state index in [-0.39, 0.29) is 23.8 Å². The molecule has 4 aromatic rings. The summed E-state index contributed by atoms with van der Waals surface area (Å²) in [5, 5.41) is 15.0. The summed E-state index contributed by atoms with van der Waals surface area (Å²) in [6.07, 6.45) is 9.89. The van der Waals surface area contributed by atoms with Crippen LogP contribution in [0.2, 0.25) is 0 Å². The summed E-state index contributed by atoms with van der Waals surface area (Å²) in [5.74, 6) is 1.29. The highest BCUT2D eigenvalue weighted by atomic mass is 16.5. The van der Waals surface area contributed by atoms with Gasteiger partial charge < -0.3 is 21.1 Å². The third-order valence-corrected chi connectivity index (χ3v) is 7.43. The number of nitrogens with zero attached hydrogens (tertiary/aromatic N) is 5. The van der Waals surface area contributed by atoms with Crippen molar-refractivity contribution in [2.45, 2.75) is 37.6 Å². The Morgan fingerprint density at radius 1 is 1.20 bits per heavy atom. The highest BCUT2D eigenvalue weighted by Crippen LogP contribution is 2.39. The van der Waals surface area contributed by atoms with E-state index < -0.39 is 0 Å². The first-order valence-electron chi connectivity index (χ1n) is 13.5. The van der Waals surface area contributed by atoms with Gasteiger partial charge in [0.25, 0.3) is 5.91 Å². The minimum absolute atomic E-state index is 0.00263. The normalized spacial score (nSPS) is 19.6. The molecule has 0 radical (unpaired) electrons. The molecule has 11 heteroatoms. The Morgan fingerprint density at radius 2 is 2.05 bits per heavy atom. The number of hydrogen-bond donors (Lipinski definition) is 3. The molecular formula is C30H28N8O3. The van der Waals surface area contributed by atoms with Crippen LogP contribution in [0.4, 0.5) is 11.6 Å². The van der Waals surface area contributed by atoms with E-state index in [0.717, 1.165) is 36.3 Å². The van der Waals surface area contributed by atoms with Gasteiger partial charge in [0, 0.05) is 35.7 Å². The average Bonchev–Trinajstić information content (AvgIpc) is 3.61. The molecule has 2 atom stereocenters. The molecule has 41 heavy (non-hydrogen) atoms. The Kier molecular flexibility index (Phi) is 7.14. The predicted molar refractivity (Wildman–Crippen MR) is 153 cm³/mol. The molecule has 1 aliphatic carbocycles. The third-order valence-electron chi connectivity index (χ3n) is 7.43. The number of ether oxygens (including phenoxy) is 1. The van der Waals surface area contributed by atoms with Crippen LogP contribution in [0.5, 0.6) is 0 Å². The van der Waals surface area contributed by atoms with Crippen LogP contribution >= 0.6 is 0 Å². The van der Waals surface area contributed by atoms with Gasteiger partial charge in [0.15, 0.2) is 0 Å². The summed E-state index contributed by atoms with van der Waals surface area (Å²) in [6, 6.07) is 12.3. The van der Waals surface area contributed by atoms with Crippen LogP contribution in [0.25, 0.3) is 22.9 Å². The lowest BCUT2D eigenvalue weighted by molar-refractivity contribution is -0.122. The Balaban J connectivity index is 1.37. The fourth-order valence-electron chi connectivity index (χ4n) is 5.45. The fourth-order valence-corrected chi connectivity index (χ4v) is 5.45. The molecule has 1 saturated carbocycles. The van der Waals surface area contributed by atoms with Gasteiger partial charge in [-0.25, -0.2) is 15.0 Å². The van der Waals surface area contributed by atoms with Crippen molar-refractivity contribution in [1.29, 1.82) is 5.26 Å². The number of carbonyl (C=O) groups excluding carboxylic acids is 2. The van der Waals surface area contributed by atoms with Gasteiger partial charge in [-0.3, -0.25) is 14.0 Å². The van der Waals surface area contributed by atoms with E-state index >= 15 is 0 Å². The number of benzene rings is 1. The Labute approximate surface area is 236 Å². The van der Waals surface area contributed by atoms with E-state index in [1.165, 1.54) is 12.3 Å². The van der Waals surface area contributed by atoms with Crippen LogP contribution in [0.3, 0.4) is 0 Å². The molecule has 4 heterocycles. The van der Waals surface area contributed by atoms with Crippen molar-refractivity contribution in [1.82, 2.24) is 24.7 Å². The zero-order valence-electron chi connectivity index (χ0n) is 22.2. The maximum Gasteiger partial charge on any atom is 0.256 e. The van der Waals surface area contributed by atoms with Crippen molar-refractivity contribution in [2.24, 2.45) is 0 Å². The van der Waals surface area contributed by atoms with Crippen molar-refractivity contribution >= 4 is 35.0 Å². The first-order valence-corrected chi connectivity index (χ1v) is 13.5. The smallest absolute Gasteiger partial charge is 0.256 e. The summed E-state index contributed by atoms with van der Waals surface area (Å²) < 4.78 is 7.68. The van der Waals surface area contributed by atoms with Gasteiger partial charge in [0.05, 0.1) is 36.7 Å². The van der Waals surface area contributed by atoms with Crippen LogP contribution in [0.1, 0.15) is 59.0 Å². The van der Waals surface area contributed by atoms with Crippen molar-refractivity contribution in [2.75, 3.05) is 24.3 Å². The molecule has 2 aliphatic rings. The molecule has 2 bridgehead atoms. The summed E-state index contributed by atoms with van der Waals surface area (Å²) in [4.78, 5) is 38.9. The van der Waals surface area contributed by atoms with Gasteiger partial charge >= 0.3 is 0 Å². The van der Waals surface area contributed by atoms with Crippen molar-refractivity contribution in [3.63, 3.8) is 0 Å². The van der Waals surface area contributed by atoms with Gasteiger partial charge in [0.2, 0.25) is 5.91 Å². The Hall–Kier alpha value is -5.08. The number of aromatic nitrogens is 4. The highest BCUT2D eigenvalue weighted by molar-refractivity contribution is 6.04. The van der Waals surface area contributed by atoms with E-state index in [2.05, 4.69) is 25.0 Å². The van der Waals surface area contributed by atoms with E-state index in [4.69, 9.17) is 20.7 Å². The number of amides is 2. The number of nitrogen functional groups attached to an aromatic ring is 1. The first kappa shape index (κ1) is 26.2. The van der Waals surface area contributed by atoms with E-state index in [0.29, 0.717) is 53.6 Å². The number of nitriles is 1. The zero-order chi connectivity index (χ0) is 28.3. The molecule has 3 aromatic heterocycles. The first-order chi connectivity index (χ1) is 20.0. The molecule has 0 saturated heterocycles. The van der Waals surface area contributed by atoms with Crippen molar-refractivity contribution < 1.29 is 14.3 Å². The van der Waals surface area contributed by atoms with Gasteiger partial charge in [-0.2, -0.15) is 5.26 Å². The fraction of sp³-hybridized carbons (Fsp3) is 0.267. The maximum atomic E-state index is 12.9. The molecule has 0 spiro atoms. The Morgan fingerprint density at radius 3 is 2.88 bits per heavy atom. The predicted octanol–water partition coefficient (Wildman–Crippen LogP) is 3.68. The Bertz CT molecular complexity index is 1700. The molecule has 1 fully saturated rings. The SMILES string of the molecule is N#Cc1ccnc(NC(=O)c2ccc(-c3nc4n5c(cnc(N)c35)/C=C/COCCC(=O)NC3CC[C@@H]4C3)cc2)c1. The number of imidazole rings is 1. The number of hydrogen-bond acceptors (Lipinski definition) is 8. The lowest BCUT2D eigenvalue weighted by Gasteiger charge is -2.15. The van der Waals surface area contributed by atoms with Crippen molar-refractivity contribution in [3.8, 4) is 17.3 Å². The van der Waals surface area contributed by atoms with Crippen LogP contribution in [0, 0.1) is 11.3 Å². The maximum absolute atomic E-state index is 12.9. The zero-order valence-corrected chi connectivity index (χ0v) is 22.2. The largest absolute Gasteiger partial charge is 0.382 e. The lowest BCUT2D eigenvalue weighted by atomic mass is 10.1. The number of carbonyl (C=O) groups is 2. The molecule has 1 unspecified atom stereocenters. The molecule has 1 aliphatic heterocycles. The van der Waals surface area contributed by atoms with Gasteiger partial charge in [-0.05, 0) is 49.6 Å². The van der Waals surface area contributed by atoms with Crippen LogP contribution < -0.4 is 16.4 Å². The van der Waals surface area contributed by atoms with Crippen molar-refractivity contribution in [3.05, 3.63) is 77.5 Å². The minimum Gasteiger partial charge on any atom is -0.382 e. The van der Waals surface area contributed by atoms with Gasteiger partial charge in [-0.1, -0.05) is 18.2 Å². The number of anilines is 2. The second kappa shape index (κ2) is 11.2. The summed E-state index contributed by atoms with van der Waals surface area (Å²) in [7, 11) is 0. The molecule has 11 nitrogen and oxygen atoms in total. The highest BCUT2D eigenvalue weighted by Gasteiger charge is 2.32. The van der Waals surface area contributed by atoms with E-state index in [1.54, 1.807) is 24.4 Å². The lowest BCUT2D eigenvalue weighted by Crippen LogP contribution is -2.33. The third kappa shape index (κ3) is 5.37. The molecule has 6 rings (SSSR count). The molecule has 206 valence electrons. The van der Waals surface area contributed by atoms with E-state index in [1.807, 2.05) is 30.4 Å². The summed E-state index contributed by atoms with van der Waals surface area (Å²) in [6.45, 7) is 0.724. The number of pyridine rings is 1. The van der Waals surface area contributed by atoms with E-state index in [9.17, 15) is 9.59 Å². The molecule has 4 N–H and O–H groups in total. The molecule has 1 aromatic carbocycles. The number of nitrogens with one attached hydrogen (secondary N) is 2. The second-order valence-electron chi connectivity index (χ2n) is 10.1. The summed E-state index contributed by atoms with van der Waals surface area (Å²) in [5.41, 5.74) is 10.3. The number of fused-ring (bicyclic) bond motifs is 3. The van der Waals surface area contributed by atoms with Crippen LogP contribution in [-0.4, -0.2) is 50.4 Å². The van der Waals surface area contributed by atoms with Gasteiger partial charge in [0.1, 0.15) is 28.7 Å². The quantitative estimate of drug-likeness (QED) is 0.349. The molecule has 2 amide bonds. The van der Waals surface area contributed by atoms with Gasteiger partial charge in [-0.15, -0.1) is 0 Å². The van der Waals surface area contributed by atoms with Crippen LogP contribution in [0.15, 0.2) is 54.9 Å². The topological polar surface area (TPSA) is 160 Å².